The lowest BCUT2D eigenvalue weighted by Gasteiger charge is -2.28. The summed E-state index contributed by atoms with van der Waals surface area (Å²) in [6.45, 7) is 15.1. The summed E-state index contributed by atoms with van der Waals surface area (Å²) in [5, 5.41) is 26.1. The number of phenolic OH excluding ortho intramolecular Hbond substituents is 2. The van der Waals surface area contributed by atoms with Crippen molar-refractivity contribution in [1.29, 1.82) is 0 Å². The molecule has 0 atom stereocenters. The number of rotatable bonds is 2. The van der Waals surface area contributed by atoms with Gasteiger partial charge in [-0.05, 0) is 32.7 Å². The first kappa shape index (κ1) is 22.2. The lowest BCUT2D eigenvalue weighted by atomic mass is 9.77. The second kappa shape index (κ2) is 7.55. The maximum Gasteiger partial charge on any atom is 0.127 e. The number of benzene rings is 4. The van der Waals surface area contributed by atoms with Crippen molar-refractivity contribution in [3.8, 4) is 11.5 Å². The number of hydrogen-bond acceptors (Lipinski definition) is 2. The molecule has 0 aliphatic heterocycles. The highest BCUT2D eigenvalue weighted by atomic mass is 16.3. The van der Waals surface area contributed by atoms with Gasteiger partial charge in [0.1, 0.15) is 11.5 Å². The lowest BCUT2D eigenvalue weighted by Crippen LogP contribution is -2.14. The van der Waals surface area contributed by atoms with Crippen molar-refractivity contribution in [3.63, 3.8) is 0 Å². The second-order valence-electron chi connectivity index (χ2n) is 11.0. The Morgan fingerprint density at radius 2 is 0.875 bits per heavy atom. The molecule has 166 valence electrons. The highest BCUT2D eigenvalue weighted by Gasteiger charge is 2.27. The van der Waals surface area contributed by atoms with E-state index in [1.54, 1.807) is 0 Å². The van der Waals surface area contributed by atoms with Crippen LogP contribution in [0.2, 0.25) is 0 Å². The molecule has 0 radical (unpaired) electrons. The van der Waals surface area contributed by atoms with Crippen LogP contribution >= 0.6 is 0 Å². The monoisotopic (exact) mass is 426 g/mol. The van der Waals surface area contributed by atoms with E-state index in [2.05, 4.69) is 72.7 Å². The van der Waals surface area contributed by atoms with Crippen LogP contribution < -0.4 is 0 Å². The molecule has 4 aromatic carbocycles. The molecule has 4 rings (SSSR count). The van der Waals surface area contributed by atoms with Crippen LogP contribution in [-0.4, -0.2) is 10.2 Å². The molecule has 0 aromatic heterocycles. The Morgan fingerprint density at radius 3 is 1.19 bits per heavy atom. The second-order valence-corrected chi connectivity index (χ2v) is 11.0. The molecule has 0 saturated heterocycles. The van der Waals surface area contributed by atoms with Gasteiger partial charge in [-0.1, -0.05) is 109 Å². The average Bonchev–Trinajstić information content (AvgIpc) is 2.72. The first-order chi connectivity index (χ1) is 14.9. The van der Waals surface area contributed by atoms with Gasteiger partial charge in [-0.25, -0.2) is 0 Å². The zero-order valence-electron chi connectivity index (χ0n) is 20.2. The van der Waals surface area contributed by atoms with Crippen LogP contribution in [0, 0.1) is 0 Å². The summed E-state index contributed by atoms with van der Waals surface area (Å²) >= 11 is 0. The summed E-state index contributed by atoms with van der Waals surface area (Å²) in [6, 6.07) is 20.6. The Labute approximate surface area is 191 Å². The van der Waals surface area contributed by atoms with Gasteiger partial charge in [-0.15, -0.1) is 0 Å². The summed E-state index contributed by atoms with van der Waals surface area (Å²) in [4.78, 5) is 0. The average molecular weight is 427 g/mol. The third kappa shape index (κ3) is 3.62. The minimum Gasteiger partial charge on any atom is -0.507 e. The van der Waals surface area contributed by atoms with Crippen molar-refractivity contribution in [2.45, 2.75) is 65.2 Å². The van der Waals surface area contributed by atoms with E-state index in [4.69, 9.17) is 0 Å². The maximum absolute atomic E-state index is 11.1. The zero-order chi connectivity index (χ0) is 23.4. The fraction of sp³-hybridized carbons (Fsp3) is 0.333. The van der Waals surface area contributed by atoms with Crippen LogP contribution in [-0.2, 0) is 10.8 Å². The summed E-state index contributed by atoms with van der Waals surface area (Å²) in [5.74, 6) is 0.818. The first-order valence-corrected chi connectivity index (χ1v) is 11.4. The van der Waals surface area contributed by atoms with E-state index < -0.39 is 0 Å². The normalized spacial score (nSPS) is 12.8. The Hall–Kier alpha value is -3.00. The van der Waals surface area contributed by atoms with E-state index in [1.165, 1.54) is 11.1 Å². The highest BCUT2D eigenvalue weighted by molar-refractivity contribution is 5.96. The fourth-order valence-corrected chi connectivity index (χ4v) is 4.80. The molecular formula is C30H34O2. The first-order valence-electron chi connectivity index (χ1n) is 11.4. The van der Waals surface area contributed by atoms with Crippen LogP contribution in [0.5, 0.6) is 11.5 Å². The van der Waals surface area contributed by atoms with Crippen LogP contribution in [0.3, 0.4) is 0 Å². The Kier molecular flexibility index (Phi) is 5.24. The minimum atomic E-state index is -0.184. The molecule has 0 bridgehead atoms. The number of hydrogen-bond donors (Lipinski definition) is 2. The molecule has 0 unspecified atom stereocenters. The predicted octanol–water partition coefficient (Wildman–Crippen LogP) is 8.15. The van der Waals surface area contributed by atoms with E-state index >= 15 is 0 Å². The highest BCUT2D eigenvalue weighted by Crippen LogP contribution is 2.45. The smallest absolute Gasteiger partial charge is 0.127 e. The quantitative estimate of drug-likeness (QED) is 0.339. The van der Waals surface area contributed by atoms with Gasteiger partial charge in [0.05, 0.1) is 0 Å². The number of fused-ring (bicyclic) bond motifs is 2. The van der Waals surface area contributed by atoms with E-state index in [-0.39, 0.29) is 16.7 Å². The predicted molar refractivity (Wildman–Crippen MR) is 136 cm³/mol. The Morgan fingerprint density at radius 1 is 0.562 bits per heavy atom. The van der Waals surface area contributed by atoms with Crippen molar-refractivity contribution < 1.29 is 10.2 Å². The van der Waals surface area contributed by atoms with Crippen LogP contribution in [0.15, 0.2) is 60.7 Å². The van der Waals surface area contributed by atoms with Gasteiger partial charge < -0.3 is 10.2 Å². The van der Waals surface area contributed by atoms with Crippen molar-refractivity contribution in [2.75, 3.05) is 0 Å². The lowest BCUT2D eigenvalue weighted by molar-refractivity contribution is 0.452. The largest absolute Gasteiger partial charge is 0.507 e. The minimum absolute atomic E-state index is 0.0770. The molecule has 2 N–H and O–H groups in total. The summed E-state index contributed by atoms with van der Waals surface area (Å²) in [6.07, 6.45) is 0. The number of phenols is 2. The standard InChI is InChI=1S/C30H34O2/c1-18(23-16-25(29(2,3)4)27(31)21-14-10-8-12-19(21)23)24-17-26(30(5,6)7)28(32)22-15-11-9-13-20(22)24/h8-18,31-32H,1-7H3. The van der Waals surface area contributed by atoms with Crippen molar-refractivity contribution in [3.05, 3.63) is 82.9 Å². The topological polar surface area (TPSA) is 40.5 Å². The number of aromatic hydroxyl groups is 2. The molecule has 4 aromatic rings. The third-order valence-electron chi connectivity index (χ3n) is 6.65. The maximum atomic E-state index is 11.1. The van der Waals surface area contributed by atoms with E-state index in [9.17, 15) is 10.2 Å². The molecule has 0 aliphatic carbocycles. The van der Waals surface area contributed by atoms with Gasteiger partial charge in [-0.2, -0.15) is 0 Å². The summed E-state index contributed by atoms with van der Waals surface area (Å²) < 4.78 is 0. The van der Waals surface area contributed by atoms with Gasteiger partial charge in [0.25, 0.3) is 0 Å². The van der Waals surface area contributed by atoms with Gasteiger partial charge in [0, 0.05) is 27.8 Å². The van der Waals surface area contributed by atoms with Gasteiger partial charge in [0.2, 0.25) is 0 Å². The molecule has 32 heavy (non-hydrogen) atoms. The van der Waals surface area contributed by atoms with Gasteiger partial charge in [-0.3, -0.25) is 0 Å². The summed E-state index contributed by atoms with van der Waals surface area (Å²) in [7, 11) is 0. The molecular weight excluding hydrogens is 392 g/mol. The molecule has 0 fully saturated rings. The molecule has 0 amide bonds. The molecule has 2 heteroatoms. The Balaban J connectivity index is 2.07. The van der Waals surface area contributed by atoms with Crippen LogP contribution in [0.4, 0.5) is 0 Å². The van der Waals surface area contributed by atoms with E-state index in [0.29, 0.717) is 11.5 Å². The summed E-state index contributed by atoms with van der Waals surface area (Å²) in [5.41, 5.74) is 3.93. The van der Waals surface area contributed by atoms with Gasteiger partial charge in [0.15, 0.2) is 0 Å². The zero-order valence-corrected chi connectivity index (χ0v) is 20.2. The van der Waals surface area contributed by atoms with Crippen molar-refractivity contribution in [2.24, 2.45) is 0 Å². The third-order valence-corrected chi connectivity index (χ3v) is 6.65. The fourth-order valence-electron chi connectivity index (χ4n) is 4.80. The molecule has 0 heterocycles. The van der Waals surface area contributed by atoms with Crippen molar-refractivity contribution >= 4 is 21.5 Å². The molecule has 0 aliphatic rings. The van der Waals surface area contributed by atoms with Crippen LogP contribution in [0.25, 0.3) is 21.5 Å². The molecule has 2 nitrogen and oxygen atoms in total. The Bertz CT molecular complexity index is 1210. The molecule has 0 spiro atoms. The van der Waals surface area contributed by atoms with E-state index in [1.807, 2.05) is 36.4 Å². The molecule has 0 saturated carbocycles. The van der Waals surface area contributed by atoms with Crippen LogP contribution in [0.1, 0.15) is 76.6 Å². The van der Waals surface area contributed by atoms with E-state index in [0.717, 1.165) is 32.7 Å². The van der Waals surface area contributed by atoms with Crippen molar-refractivity contribution in [1.82, 2.24) is 0 Å². The SMILES string of the molecule is CC(c1cc(C(C)(C)C)c(O)c2ccccc12)c1cc(C(C)(C)C)c(O)c2ccccc12. The van der Waals surface area contributed by atoms with Gasteiger partial charge >= 0.3 is 0 Å².